The Bertz CT molecular complexity index is 3300. The molecule has 3 heterocycles. The molecule has 0 spiro atoms. The van der Waals surface area contributed by atoms with Crippen molar-refractivity contribution in [3.05, 3.63) is 181 Å². The zero-order valence-electron chi connectivity index (χ0n) is 39.5. The molecule has 0 saturated heterocycles. The van der Waals surface area contributed by atoms with E-state index in [1.165, 1.54) is 6.42 Å². The lowest BCUT2D eigenvalue weighted by Crippen LogP contribution is -2.33. The molecule has 12 nitrogen and oxygen atoms in total. The van der Waals surface area contributed by atoms with Crippen LogP contribution in [0, 0.1) is 5.92 Å². The SMILES string of the molecule is CC(C)(OP=O)P1(=O)Oc2ccccc2-c2ccccc21.CC(OP=O)(c1ccccc1)P1(=O)Oc2ccccc2-c2ccccc21.O=POC(C1CCCCC1)P1(=O)Oc2ccccc2-c2ccccc21.[HH]. The average molecular weight is 1080 g/mol. The van der Waals surface area contributed by atoms with Crippen molar-refractivity contribution in [2.24, 2.45) is 5.92 Å². The molecule has 370 valence electrons. The third kappa shape index (κ3) is 9.48. The summed E-state index contributed by atoms with van der Waals surface area (Å²) in [6.45, 7) is 4.92. The Kier molecular flexibility index (Phi) is 15.6. The van der Waals surface area contributed by atoms with Crippen molar-refractivity contribution in [2.45, 2.75) is 69.4 Å². The highest BCUT2D eigenvalue weighted by atomic mass is 31.2. The molecule has 0 amide bonds. The minimum atomic E-state index is -3.63. The fourth-order valence-electron chi connectivity index (χ4n) is 9.80. The van der Waals surface area contributed by atoms with Crippen LogP contribution in [-0.4, -0.2) is 11.2 Å². The van der Waals surface area contributed by atoms with Gasteiger partial charge in [0.1, 0.15) is 17.2 Å². The van der Waals surface area contributed by atoms with E-state index in [4.69, 9.17) is 27.1 Å². The van der Waals surface area contributed by atoms with Gasteiger partial charge in [-0.3, -0.25) is 27.3 Å². The molecule has 0 aromatic heterocycles. The van der Waals surface area contributed by atoms with Gasteiger partial charge < -0.3 is 13.6 Å². The van der Waals surface area contributed by atoms with Crippen molar-refractivity contribution in [1.29, 1.82) is 0 Å². The van der Waals surface area contributed by atoms with E-state index >= 15 is 0 Å². The van der Waals surface area contributed by atoms with Gasteiger partial charge >= 0.3 is 48.2 Å². The molecule has 5 unspecified atom stereocenters. The quantitative estimate of drug-likeness (QED) is 0.113. The first-order valence-electron chi connectivity index (χ1n) is 23.3. The topological polar surface area (TPSA) is 158 Å². The van der Waals surface area contributed by atoms with Gasteiger partial charge in [0.2, 0.25) is 0 Å². The van der Waals surface area contributed by atoms with E-state index in [0.717, 1.165) is 59.1 Å². The molecule has 4 aliphatic rings. The van der Waals surface area contributed by atoms with Crippen LogP contribution in [0.25, 0.3) is 33.4 Å². The summed E-state index contributed by atoms with van der Waals surface area (Å²) in [7, 11) is -11.9. The van der Waals surface area contributed by atoms with Crippen molar-refractivity contribution < 1.29 is 56.0 Å². The van der Waals surface area contributed by atoms with Crippen LogP contribution in [0.5, 0.6) is 17.2 Å². The predicted molar refractivity (Wildman–Crippen MR) is 286 cm³/mol. The van der Waals surface area contributed by atoms with Crippen molar-refractivity contribution >= 4 is 64.1 Å². The number of hydrogen-bond acceptors (Lipinski definition) is 12. The molecule has 1 saturated carbocycles. The molecule has 3 aliphatic heterocycles. The van der Waals surface area contributed by atoms with Gasteiger partial charge in [0.05, 0.1) is 15.9 Å². The maximum atomic E-state index is 14.3. The van der Waals surface area contributed by atoms with Gasteiger partial charge in [-0.25, -0.2) is 13.7 Å². The minimum Gasteiger partial charge on any atom is -0.438 e. The molecule has 18 heteroatoms. The van der Waals surface area contributed by atoms with Crippen LogP contribution in [0.3, 0.4) is 0 Å². The zero-order valence-corrected chi connectivity index (χ0v) is 44.9. The largest absolute Gasteiger partial charge is 0.438 e. The van der Waals surface area contributed by atoms with E-state index in [1.54, 1.807) is 57.2 Å². The van der Waals surface area contributed by atoms with Crippen LogP contribution >= 0.6 is 48.2 Å². The second-order valence-electron chi connectivity index (χ2n) is 18.1. The first-order chi connectivity index (χ1) is 34.8. The smallest absolute Gasteiger partial charge is 0.328 e. The van der Waals surface area contributed by atoms with E-state index in [2.05, 4.69) is 0 Å². The van der Waals surface area contributed by atoms with Crippen LogP contribution in [0.15, 0.2) is 176 Å². The lowest BCUT2D eigenvalue weighted by atomic mass is 9.90. The molecule has 11 rings (SSSR count). The highest BCUT2D eigenvalue weighted by Gasteiger charge is 2.55. The summed E-state index contributed by atoms with van der Waals surface area (Å²) < 4.78 is 110. The summed E-state index contributed by atoms with van der Waals surface area (Å²) in [4.78, 5) is 0. The monoisotopic (exact) mass is 1080 g/mol. The molecule has 0 radical (unpaired) electrons. The Balaban J connectivity index is 0.000000146. The standard InChI is InChI=1S/C20H16O4P2.C19H20O4P2.C15H14O4P2.H2/c1-20(24-25-21,15-9-3-2-4-10-15)26(22)19-14-8-6-12-17(19)16-11-5-7-13-18(16)23-26;20-24-22-19(14-8-2-1-3-9-14)25(21)18-13-7-5-11-16(18)15-10-4-6-12-17(15)23-25;1-15(2,19-20-16)21(17)14-10-6-4-8-12(14)11-7-3-5-9-13(11)18-21;/h2-14H,1H3;4-7,10-14,19H,1-3,8-9H2;3-10H,1-2H3;1H. The fraction of sp³-hybridized carbons (Fsp3) is 0.222. The van der Waals surface area contributed by atoms with E-state index < -0.39 is 64.7 Å². The Hall–Kier alpha value is -5.19. The van der Waals surface area contributed by atoms with Crippen LogP contribution in [0.1, 0.15) is 59.9 Å². The average Bonchev–Trinajstić information content (AvgIpc) is 3.41. The molecule has 1 fully saturated rings. The first kappa shape index (κ1) is 51.7. The maximum Gasteiger partial charge on any atom is 0.328 e. The van der Waals surface area contributed by atoms with Gasteiger partial charge in [0, 0.05) is 18.1 Å². The zero-order chi connectivity index (χ0) is 50.6. The van der Waals surface area contributed by atoms with E-state index in [1.807, 2.05) is 140 Å². The Labute approximate surface area is 425 Å². The lowest BCUT2D eigenvalue weighted by Gasteiger charge is -2.39. The van der Waals surface area contributed by atoms with Crippen LogP contribution < -0.4 is 29.5 Å². The van der Waals surface area contributed by atoms with Crippen molar-refractivity contribution in [1.82, 2.24) is 0 Å². The van der Waals surface area contributed by atoms with Crippen molar-refractivity contribution in [3.8, 4) is 50.6 Å². The first-order valence-corrected chi connectivity index (χ1v) is 30.5. The van der Waals surface area contributed by atoms with Gasteiger partial charge in [-0.2, -0.15) is 0 Å². The summed E-state index contributed by atoms with van der Waals surface area (Å²) in [5, 5.41) is -0.764. The molecule has 7 aromatic rings. The molecule has 1 aliphatic carbocycles. The lowest BCUT2D eigenvalue weighted by molar-refractivity contribution is 0.174. The summed E-state index contributed by atoms with van der Waals surface area (Å²) in [6, 6.07) is 54.1. The number of para-hydroxylation sites is 3. The number of benzene rings is 7. The summed E-state index contributed by atoms with van der Waals surface area (Å²) in [5.74, 6) is 1.11. The van der Waals surface area contributed by atoms with E-state index in [9.17, 15) is 27.4 Å². The molecule has 5 atom stereocenters. The predicted octanol–water partition coefficient (Wildman–Crippen LogP) is 16.4. The second-order valence-corrected chi connectivity index (χ2v) is 27.0. The normalized spacial score (nSPS) is 21.8. The summed E-state index contributed by atoms with van der Waals surface area (Å²) in [6.07, 6.45) is 5.20. The highest BCUT2D eigenvalue weighted by molar-refractivity contribution is 7.69. The van der Waals surface area contributed by atoms with E-state index in [0.29, 0.717) is 38.7 Å². The van der Waals surface area contributed by atoms with E-state index in [-0.39, 0.29) is 7.34 Å². The summed E-state index contributed by atoms with van der Waals surface area (Å²) >= 11 is 0. The Morgan fingerprint density at radius 3 is 1.38 bits per heavy atom. The third-order valence-corrected chi connectivity index (χ3v) is 23.9. The highest BCUT2D eigenvalue weighted by Crippen LogP contribution is 2.68. The second kappa shape index (κ2) is 21.7. The van der Waals surface area contributed by atoms with Crippen molar-refractivity contribution in [2.75, 3.05) is 0 Å². The van der Waals surface area contributed by atoms with Crippen LogP contribution in [0.4, 0.5) is 0 Å². The number of rotatable bonds is 11. The fourth-order valence-corrected chi connectivity index (χ4v) is 19.4. The molecular weight excluding hydrogens is 1030 g/mol. The van der Waals surface area contributed by atoms with Crippen molar-refractivity contribution in [3.63, 3.8) is 0 Å². The van der Waals surface area contributed by atoms with Crippen LogP contribution in [-0.2, 0) is 46.3 Å². The number of fused-ring (bicyclic) bond motifs is 9. The Morgan fingerprint density at radius 2 is 0.875 bits per heavy atom. The number of hydrogen-bond donors (Lipinski definition) is 0. The van der Waals surface area contributed by atoms with Crippen LogP contribution in [0.2, 0.25) is 0 Å². The molecule has 0 N–H and O–H groups in total. The van der Waals surface area contributed by atoms with Gasteiger partial charge in [-0.15, -0.1) is 0 Å². The molecule has 7 aromatic carbocycles. The Morgan fingerprint density at radius 1 is 0.472 bits per heavy atom. The minimum absolute atomic E-state index is 0. The van der Waals surface area contributed by atoms with Gasteiger partial charge in [0.25, 0.3) is 0 Å². The van der Waals surface area contributed by atoms with Gasteiger partial charge in [-0.1, -0.05) is 159 Å². The summed E-state index contributed by atoms with van der Waals surface area (Å²) in [5.41, 5.74) is 5.97. The third-order valence-electron chi connectivity index (χ3n) is 13.5. The molecular formula is C54H52O12P6. The molecule has 72 heavy (non-hydrogen) atoms. The molecule has 0 bridgehead atoms. The van der Waals surface area contributed by atoms with Gasteiger partial charge in [-0.05, 0) is 98.2 Å². The van der Waals surface area contributed by atoms with Gasteiger partial charge in [0.15, 0.2) is 16.5 Å². The maximum absolute atomic E-state index is 14.3.